The third-order valence-electron chi connectivity index (χ3n) is 1.75. The maximum Gasteiger partial charge on any atom is 0.0450 e. The van der Waals surface area contributed by atoms with Gasteiger partial charge in [-0.15, -0.1) is 5.70 Å². The summed E-state index contributed by atoms with van der Waals surface area (Å²) < 4.78 is 0. The lowest BCUT2D eigenvalue weighted by Gasteiger charge is -1.98. The van der Waals surface area contributed by atoms with Gasteiger partial charge in [0, 0.05) is 9.52 Å². The van der Waals surface area contributed by atoms with Crippen molar-refractivity contribution in [3.8, 4) is 0 Å². The van der Waals surface area contributed by atoms with E-state index < -0.39 is 0 Å². The summed E-state index contributed by atoms with van der Waals surface area (Å²) in [5.74, 6) is 0.742. The topological polar surface area (TPSA) is 12.0 Å². The molecule has 0 heterocycles. The first kappa shape index (κ1) is 11.9. The first-order chi connectivity index (χ1) is 5.77. The lowest BCUT2D eigenvalue weighted by molar-refractivity contribution is 0.702. The Morgan fingerprint density at radius 2 is 2.17 bits per heavy atom. The smallest absolute Gasteiger partial charge is 0.0450 e. The molecule has 0 amide bonds. The van der Waals surface area contributed by atoms with E-state index in [-0.39, 0.29) is 9.52 Å². The molecule has 0 aliphatic carbocycles. The van der Waals surface area contributed by atoms with Gasteiger partial charge in [0.2, 0.25) is 0 Å². The average Bonchev–Trinajstić information content (AvgIpc) is 2.02. The Labute approximate surface area is 79.5 Å². The monoisotopic (exact) mass is 185 g/mol. The fourth-order valence-electron chi connectivity index (χ4n) is 1.06. The molecular weight excluding hydrogens is 162 g/mol. The number of rotatable bonds is 7. The van der Waals surface area contributed by atoms with E-state index in [0.717, 1.165) is 12.5 Å². The van der Waals surface area contributed by atoms with Gasteiger partial charge in [0.1, 0.15) is 0 Å². The van der Waals surface area contributed by atoms with Crippen molar-refractivity contribution in [2.45, 2.75) is 33.2 Å². The largest absolute Gasteiger partial charge is 0.317 e. The Balaban J connectivity index is 3.00. The van der Waals surface area contributed by atoms with E-state index in [1.54, 1.807) is 0 Å². The molecule has 0 unspecified atom stereocenters. The van der Waals surface area contributed by atoms with Gasteiger partial charge in [0.25, 0.3) is 0 Å². The third-order valence-corrected chi connectivity index (χ3v) is 3.26. The Bertz CT molecular complexity index is 110. The molecule has 1 nitrogen and oxygen atoms in total. The van der Waals surface area contributed by atoms with E-state index in [2.05, 4.69) is 37.9 Å². The second kappa shape index (κ2) is 9.01. The van der Waals surface area contributed by atoms with Gasteiger partial charge in [-0.25, -0.2) is 0 Å². The molecule has 72 valence electrons. The van der Waals surface area contributed by atoms with Crippen LogP contribution in [0.5, 0.6) is 0 Å². The van der Waals surface area contributed by atoms with E-state index in [0.29, 0.717) is 0 Å². The van der Waals surface area contributed by atoms with Gasteiger partial charge in [-0.05, 0) is 25.4 Å². The Kier molecular flexibility index (Phi) is 8.95. The molecule has 0 aromatic heterocycles. The molecule has 12 heavy (non-hydrogen) atoms. The highest BCUT2D eigenvalue weighted by atomic mass is 28.2. The second-order valence-electron chi connectivity index (χ2n) is 3.52. The van der Waals surface area contributed by atoms with Crippen LogP contribution in [0.15, 0.2) is 11.8 Å². The van der Waals surface area contributed by atoms with Crippen LogP contribution >= 0.6 is 0 Å². The Morgan fingerprint density at radius 1 is 1.42 bits per heavy atom. The first-order valence-corrected chi connectivity index (χ1v) is 6.96. The zero-order chi connectivity index (χ0) is 9.23. The number of hydrogen-bond acceptors (Lipinski definition) is 1. The van der Waals surface area contributed by atoms with Crippen molar-refractivity contribution in [3.63, 3.8) is 0 Å². The molecule has 0 rings (SSSR count). The molecule has 0 fully saturated rings. The van der Waals surface area contributed by atoms with Gasteiger partial charge < -0.3 is 5.32 Å². The van der Waals surface area contributed by atoms with Crippen molar-refractivity contribution in [3.05, 3.63) is 11.8 Å². The van der Waals surface area contributed by atoms with E-state index >= 15 is 0 Å². The van der Waals surface area contributed by atoms with Crippen LogP contribution in [0.4, 0.5) is 0 Å². The number of allylic oxidation sites excluding steroid dienone is 1. The molecule has 0 radical (unpaired) electrons. The normalized spacial score (nSPS) is 12.7. The molecule has 0 aromatic rings. The van der Waals surface area contributed by atoms with Crippen LogP contribution in [0, 0.1) is 5.92 Å². The van der Waals surface area contributed by atoms with E-state index in [1.807, 2.05) is 0 Å². The molecule has 0 bridgehead atoms. The molecule has 1 N–H and O–H groups in total. The van der Waals surface area contributed by atoms with Crippen LogP contribution in [0.2, 0.25) is 6.04 Å². The van der Waals surface area contributed by atoms with Crippen LogP contribution in [0.1, 0.15) is 27.2 Å². The number of nitrogens with one attached hydrogen (secondary N) is 1. The van der Waals surface area contributed by atoms with Crippen LogP contribution in [0.25, 0.3) is 0 Å². The van der Waals surface area contributed by atoms with Gasteiger partial charge in [-0.2, -0.15) is 0 Å². The van der Waals surface area contributed by atoms with E-state index in [4.69, 9.17) is 0 Å². The van der Waals surface area contributed by atoms with Crippen LogP contribution in [0.3, 0.4) is 0 Å². The fourth-order valence-corrected chi connectivity index (χ4v) is 2.57. The summed E-state index contributed by atoms with van der Waals surface area (Å²) in [4.78, 5) is 0. The Morgan fingerprint density at radius 3 is 2.75 bits per heavy atom. The summed E-state index contributed by atoms with van der Waals surface area (Å²) in [5, 5.41) is 3.35. The lowest BCUT2D eigenvalue weighted by atomic mass is 10.2. The minimum atomic E-state index is 0.120. The summed E-state index contributed by atoms with van der Waals surface area (Å²) in [6, 6.07) is 1.45. The number of hydrogen-bond donors (Lipinski definition) is 1. The predicted molar refractivity (Wildman–Crippen MR) is 60.5 cm³/mol. The van der Waals surface area contributed by atoms with Crippen molar-refractivity contribution < 1.29 is 0 Å². The molecule has 0 aliphatic rings. The predicted octanol–water partition coefficient (Wildman–Crippen LogP) is 1.74. The quantitative estimate of drug-likeness (QED) is 0.471. The van der Waals surface area contributed by atoms with Crippen molar-refractivity contribution >= 4 is 9.52 Å². The highest BCUT2D eigenvalue weighted by Crippen LogP contribution is 1.94. The van der Waals surface area contributed by atoms with Gasteiger partial charge in [-0.1, -0.05) is 32.9 Å². The minimum Gasteiger partial charge on any atom is -0.317 e. The zero-order valence-electron chi connectivity index (χ0n) is 8.77. The van der Waals surface area contributed by atoms with Crippen molar-refractivity contribution in [1.82, 2.24) is 5.32 Å². The highest BCUT2D eigenvalue weighted by Gasteiger charge is 1.87. The summed E-state index contributed by atoms with van der Waals surface area (Å²) in [6.45, 7) is 8.96. The minimum absolute atomic E-state index is 0.120. The molecule has 0 saturated heterocycles. The van der Waals surface area contributed by atoms with Gasteiger partial charge in [0.05, 0.1) is 0 Å². The first-order valence-electron chi connectivity index (χ1n) is 5.14. The van der Waals surface area contributed by atoms with Crippen molar-refractivity contribution in [1.29, 1.82) is 0 Å². The Hall–Kier alpha value is -0.0831. The van der Waals surface area contributed by atoms with Crippen LogP contribution < -0.4 is 5.32 Å². The summed E-state index contributed by atoms with van der Waals surface area (Å²) in [7, 11) is 0.120. The molecule has 0 aromatic carbocycles. The molecule has 0 spiro atoms. The lowest BCUT2D eigenvalue weighted by Crippen LogP contribution is -2.14. The zero-order valence-corrected chi connectivity index (χ0v) is 10.2. The van der Waals surface area contributed by atoms with Gasteiger partial charge in [-0.3, -0.25) is 0 Å². The summed E-state index contributed by atoms with van der Waals surface area (Å²) >= 11 is 0. The van der Waals surface area contributed by atoms with E-state index in [9.17, 15) is 0 Å². The van der Waals surface area contributed by atoms with Crippen molar-refractivity contribution in [2.75, 3.05) is 13.1 Å². The van der Waals surface area contributed by atoms with Gasteiger partial charge in [0.15, 0.2) is 0 Å². The van der Waals surface area contributed by atoms with Gasteiger partial charge >= 0.3 is 0 Å². The third kappa shape index (κ3) is 9.92. The molecule has 2 heteroatoms. The SMILES string of the molecule is CCNCCC[SiH2]C=CC(C)C. The summed E-state index contributed by atoms with van der Waals surface area (Å²) in [6.07, 6.45) is 3.71. The van der Waals surface area contributed by atoms with Crippen LogP contribution in [-0.2, 0) is 0 Å². The molecule has 0 saturated carbocycles. The van der Waals surface area contributed by atoms with Crippen LogP contribution in [-0.4, -0.2) is 22.6 Å². The maximum absolute atomic E-state index is 3.35. The average molecular weight is 185 g/mol. The molecule has 0 atom stereocenters. The standard InChI is InChI=1S/C10H23NSi/c1-4-11-7-5-8-12-9-6-10(2)3/h6,9-11H,4-5,7-8,12H2,1-3H3. The highest BCUT2D eigenvalue weighted by molar-refractivity contribution is 6.41. The fraction of sp³-hybridized carbons (Fsp3) is 0.800. The molecular formula is C10H23NSi. The second-order valence-corrected chi connectivity index (χ2v) is 5.28. The molecule has 0 aliphatic heterocycles. The van der Waals surface area contributed by atoms with E-state index in [1.165, 1.54) is 19.0 Å². The van der Waals surface area contributed by atoms with Crippen molar-refractivity contribution in [2.24, 2.45) is 5.92 Å². The maximum atomic E-state index is 3.35. The summed E-state index contributed by atoms with van der Waals surface area (Å²) in [5.41, 5.74) is 2.44.